The number of thiazole rings is 1. The van der Waals surface area contributed by atoms with Crippen LogP contribution in [0, 0.1) is 12.3 Å². The quantitative estimate of drug-likeness (QED) is 0.863. The van der Waals surface area contributed by atoms with Crippen LogP contribution in [0.2, 0.25) is 0 Å². The van der Waals surface area contributed by atoms with Crippen molar-refractivity contribution in [2.24, 2.45) is 11.1 Å². The van der Waals surface area contributed by atoms with E-state index >= 15 is 0 Å². The molecule has 1 aromatic rings. The Bertz CT molecular complexity index is 420. The summed E-state index contributed by atoms with van der Waals surface area (Å²) in [7, 11) is 0. The summed E-state index contributed by atoms with van der Waals surface area (Å²) in [6.45, 7) is 11.6. The molecule has 1 atom stereocenters. The number of primary amides is 1. The van der Waals surface area contributed by atoms with Gasteiger partial charge in [0, 0.05) is 10.9 Å². The molecule has 5 heteroatoms. The monoisotopic (exact) mass is 269 g/mol. The van der Waals surface area contributed by atoms with E-state index in [9.17, 15) is 4.79 Å². The normalized spacial score (nSPS) is 13.6. The first kappa shape index (κ1) is 15.1. The maximum Gasteiger partial charge on any atom is 0.277 e. The molecule has 1 heterocycles. The van der Waals surface area contributed by atoms with E-state index in [1.807, 2.05) is 6.92 Å². The first-order valence-corrected chi connectivity index (χ1v) is 7.03. The minimum absolute atomic E-state index is 0.206. The molecule has 0 spiro atoms. The van der Waals surface area contributed by atoms with Gasteiger partial charge in [0.1, 0.15) is 0 Å². The molecule has 0 aromatic carbocycles. The third kappa shape index (κ3) is 4.38. The van der Waals surface area contributed by atoms with E-state index in [0.29, 0.717) is 10.4 Å². The standard InChI is InChI=1S/C13H23N3OS/c1-8(15-7-6-13(3,4)5)10-9(2)16-12(18-10)11(14)17/h8,15H,6-7H2,1-5H3,(H2,14,17). The van der Waals surface area contributed by atoms with Crippen LogP contribution in [-0.4, -0.2) is 17.4 Å². The van der Waals surface area contributed by atoms with Gasteiger partial charge >= 0.3 is 0 Å². The van der Waals surface area contributed by atoms with Gasteiger partial charge in [0.25, 0.3) is 5.91 Å². The molecule has 3 N–H and O–H groups in total. The summed E-state index contributed by atoms with van der Waals surface area (Å²) < 4.78 is 0. The molecule has 0 bridgehead atoms. The van der Waals surface area contributed by atoms with Crippen molar-refractivity contribution in [2.45, 2.75) is 47.1 Å². The van der Waals surface area contributed by atoms with Gasteiger partial charge < -0.3 is 11.1 Å². The third-order valence-corrected chi connectivity index (χ3v) is 4.12. The Kier molecular flexibility index (Phi) is 4.87. The molecular formula is C13H23N3OS. The molecule has 0 saturated heterocycles. The lowest BCUT2D eigenvalue weighted by Gasteiger charge is -2.20. The summed E-state index contributed by atoms with van der Waals surface area (Å²) in [5.74, 6) is -0.448. The van der Waals surface area contributed by atoms with Crippen LogP contribution < -0.4 is 11.1 Å². The number of carbonyl (C=O) groups is 1. The lowest BCUT2D eigenvalue weighted by Crippen LogP contribution is -2.23. The van der Waals surface area contributed by atoms with Gasteiger partial charge in [-0.05, 0) is 32.2 Å². The second-order valence-electron chi connectivity index (χ2n) is 5.82. The first-order valence-electron chi connectivity index (χ1n) is 6.21. The van der Waals surface area contributed by atoms with E-state index in [1.54, 1.807) is 0 Å². The predicted molar refractivity (Wildman–Crippen MR) is 75.9 cm³/mol. The lowest BCUT2D eigenvalue weighted by molar-refractivity contribution is 0.1000. The fourth-order valence-corrected chi connectivity index (χ4v) is 2.62. The Hall–Kier alpha value is -0.940. The number of hydrogen-bond acceptors (Lipinski definition) is 4. The number of aryl methyl sites for hydroxylation is 1. The zero-order chi connectivity index (χ0) is 13.9. The molecule has 18 heavy (non-hydrogen) atoms. The van der Waals surface area contributed by atoms with E-state index in [2.05, 4.69) is 38.0 Å². The number of nitrogens with zero attached hydrogens (tertiary/aromatic N) is 1. The summed E-state index contributed by atoms with van der Waals surface area (Å²) in [6, 6.07) is 0.206. The van der Waals surface area contributed by atoms with Gasteiger partial charge in [-0.2, -0.15) is 0 Å². The third-order valence-electron chi connectivity index (χ3n) is 2.76. The van der Waals surface area contributed by atoms with Crippen LogP contribution >= 0.6 is 11.3 Å². The molecule has 0 aliphatic carbocycles. The Morgan fingerprint density at radius 2 is 2.11 bits per heavy atom. The fourth-order valence-electron chi connectivity index (χ4n) is 1.67. The van der Waals surface area contributed by atoms with E-state index < -0.39 is 5.91 Å². The molecule has 102 valence electrons. The second-order valence-corrected chi connectivity index (χ2v) is 6.85. The molecule has 0 radical (unpaired) electrons. The van der Waals surface area contributed by atoms with E-state index in [1.165, 1.54) is 11.3 Å². The van der Waals surface area contributed by atoms with Gasteiger partial charge in [-0.25, -0.2) is 4.98 Å². The van der Waals surface area contributed by atoms with Crippen LogP contribution in [-0.2, 0) is 0 Å². The molecule has 1 rings (SSSR count). The molecule has 4 nitrogen and oxygen atoms in total. The molecule has 1 amide bonds. The number of amides is 1. The molecule has 1 aromatic heterocycles. The van der Waals surface area contributed by atoms with Gasteiger partial charge in [-0.15, -0.1) is 11.3 Å². The van der Waals surface area contributed by atoms with Gasteiger partial charge in [-0.3, -0.25) is 4.79 Å². The number of nitrogens with one attached hydrogen (secondary N) is 1. The van der Waals surface area contributed by atoms with Gasteiger partial charge in [0.15, 0.2) is 5.01 Å². The van der Waals surface area contributed by atoms with Crippen LogP contribution in [0.5, 0.6) is 0 Å². The first-order chi connectivity index (χ1) is 8.20. The maximum absolute atomic E-state index is 11.1. The SMILES string of the molecule is Cc1nc(C(N)=O)sc1C(C)NCCC(C)(C)C. The lowest BCUT2D eigenvalue weighted by atomic mass is 9.92. The average Bonchev–Trinajstić information content (AvgIpc) is 2.58. The van der Waals surface area contributed by atoms with Crippen molar-refractivity contribution in [1.82, 2.24) is 10.3 Å². The smallest absolute Gasteiger partial charge is 0.277 e. The number of nitrogens with two attached hydrogens (primary N) is 1. The highest BCUT2D eigenvalue weighted by Gasteiger charge is 2.17. The van der Waals surface area contributed by atoms with Crippen molar-refractivity contribution < 1.29 is 4.79 Å². The average molecular weight is 269 g/mol. The van der Waals surface area contributed by atoms with Crippen molar-refractivity contribution in [1.29, 1.82) is 0 Å². The Labute approximate surface area is 113 Å². The molecule has 0 fully saturated rings. The van der Waals surface area contributed by atoms with Crippen molar-refractivity contribution in [2.75, 3.05) is 6.54 Å². The molecule has 0 aliphatic heterocycles. The van der Waals surface area contributed by atoms with Crippen LogP contribution in [0.25, 0.3) is 0 Å². The molecular weight excluding hydrogens is 246 g/mol. The molecule has 1 unspecified atom stereocenters. The maximum atomic E-state index is 11.1. The molecule has 0 aliphatic rings. The summed E-state index contributed by atoms with van der Waals surface area (Å²) in [6.07, 6.45) is 1.11. The number of aromatic nitrogens is 1. The predicted octanol–water partition coefficient (Wildman–Crippen LogP) is 2.64. The zero-order valence-electron chi connectivity index (χ0n) is 11.8. The summed E-state index contributed by atoms with van der Waals surface area (Å²) >= 11 is 1.39. The van der Waals surface area contributed by atoms with Crippen LogP contribution in [0.15, 0.2) is 0 Å². The Morgan fingerprint density at radius 3 is 2.56 bits per heavy atom. The van der Waals surface area contributed by atoms with Gasteiger partial charge in [0.05, 0.1) is 5.69 Å². The Morgan fingerprint density at radius 1 is 1.50 bits per heavy atom. The van der Waals surface area contributed by atoms with Crippen molar-refractivity contribution >= 4 is 17.2 Å². The highest BCUT2D eigenvalue weighted by atomic mass is 32.1. The second kappa shape index (κ2) is 5.80. The number of rotatable bonds is 5. The zero-order valence-corrected chi connectivity index (χ0v) is 12.6. The largest absolute Gasteiger partial charge is 0.364 e. The van der Waals surface area contributed by atoms with Gasteiger partial charge in [0.2, 0.25) is 0 Å². The minimum atomic E-state index is -0.448. The van der Waals surface area contributed by atoms with Crippen molar-refractivity contribution in [3.63, 3.8) is 0 Å². The van der Waals surface area contributed by atoms with E-state index in [-0.39, 0.29) is 6.04 Å². The number of hydrogen-bond donors (Lipinski definition) is 2. The van der Waals surface area contributed by atoms with Crippen molar-refractivity contribution in [3.05, 3.63) is 15.6 Å². The number of carbonyl (C=O) groups excluding carboxylic acids is 1. The van der Waals surface area contributed by atoms with E-state index in [0.717, 1.165) is 23.5 Å². The van der Waals surface area contributed by atoms with Gasteiger partial charge in [-0.1, -0.05) is 20.8 Å². The highest BCUT2D eigenvalue weighted by molar-refractivity contribution is 7.13. The summed E-state index contributed by atoms with van der Waals surface area (Å²) in [5.41, 5.74) is 6.46. The summed E-state index contributed by atoms with van der Waals surface area (Å²) in [4.78, 5) is 16.4. The topological polar surface area (TPSA) is 68.0 Å². The van der Waals surface area contributed by atoms with E-state index in [4.69, 9.17) is 5.73 Å². The van der Waals surface area contributed by atoms with Crippen molar-refractivity contribution in [3.8, 4) is 0 Å². The minimum Gasteiger partial charge on any atom is -0.364 e. The van der Waals surface area contributed by atoms with Crippen LogP contribution in [0.3, 0.4) is 0 Å². The highest BCUT2D eigenvalue weighted by Crippen LogP contribution is 2.25. The van der Waals surface area contributed by atoms with Crippen LogP contribution in [0.4, 0.5) is 0 Å². The summed E-state index contributed by atoms with van der Waals surface area (Å²) in [5, 5.41) is 3.86. The molecule has 0 saturated carbocycles. The van der Waals surface area contributed by atoms with Crippen LogP contribution in [0.1, 0.15) is 60.5 Å². The fraction of sp³-hybridized carbons (Fsp3) is 0.692. The Balaban J connectivity index is 2.61.